The van der Waals surface area contributed by atoms with Crippen LogP contribution in [0.25, 0.3) is 0 Å². The zero-order valence-electron chi connectivity index (χ0n) is 9.22. The van der Waals surface area contributed by atoms with Crippen molar-refractivity contribution < 1.29 is 14.7 Å². The summed E-state index contributed by atoms with van der Waals surface area (Å²) in [5.41, 5.74) is 0.240. The molecule has 4 heteroatoms. The third-order valence-corrected chi connectivity index (χ3v) is 3.88. The number of carboxylic acid groups (broad SMARTS) is 1. The number of benzene rings is 1. The number of carbonyl (C=O) groups excluding carboxylic acids is 1. The van der Waals surface area contributed by atoms with Gasteiger partial charge in [0.05, 0.1) is 17.4 Å². The second-order valence-electron chi connectivity index (χ2n) is 4.83. The van der Waals surface area contributed by atoms with Crippen LogP contribution in [0.5, 0.6) is 0 Å². The molecule has 2 aliphatic rings. The van der Waals surface area contributed by atoms with E-state index in [4.69, 9.17) is 0 Å². The standard InChI is InChI=1S/C13H13NO3/c15-11(16)9-10(8-4-2-1-3-5-8)14-12(17)13(9)6-7-13/h1-5,9-10H,6-7H2,(H,14,17)(H,15,16)/t9?,10-/m1/s1. The number of amides is 1. The van der Waals surface area contributed by atoms with E-state index < -0.39 is 17.3 Å². The summed E-state index contributed by atoms with van der Waals surface area (Å²) < 4.78 is 0. The molecule has 1 saturated heterocycles. The van der Waals surface area contributed by atoms with Gasteiger partial charge in [0.15, 0.2) is 0 Å². The molecule has 0 aromatic heterocycles. The first-order chi connectivity index (χ1) is 8.15. The summed E-state index contributed by atoms with van der Waals surface area (Å²) >= 11 is 0. The summed E-state index contributed by atoms with van der Waals surface area (Å²) in [7, 11) is 0. The second kappa shape index (κ2) is 3.32. The Balaban J connectivity index is 2.01. The van der Waals surface area contributed by atoms with E-state index in [0.29, 0.717) is 12.8 Å². The van der Waals surface area contributed by atoms with Crippen LogP contribution in [0.4, 0.5) is 0 Å². The van der Waals surface area contributed by atoms with Gasteiger partial charge >= 0.3 is 5.97 Å². The average Bonchev–Trinajstić information content (AvgIpc) is 3.04. The minimum atomic E-state index is -0.880. The lowest BCUT2D eigenvalue weighted by atomic mass is 9.84. The molecule has 4 nitrogen and oxygen atoms in total. The van der Waals surface area contributed by atoms with Gasteiger partial charge < -0.3 is 10.4 Å². The molecule has 1 aliphatic carbocycles. The van der Waals surface area contributed by atoms with E-state index in [2.05, 4.69) is 5.32 Å². The predicted molar refractivity (Wildman–Crippen MR) is 60.1 cm³/mol. The van der Waals surface area contributed by atoms with E-state index >= 15 is 0 Å². The van der Waals surface area contributed by atoms with Crippen LogP contribution in [-0.4, -0.2) is 17.0 Å². The first-order valence-electron chi connectivity index (χ1n) is 5.74. The zero-order chi connectivity index (χ0) is 12.0. The summed E-state index contributed by atoms with van der Waals surface area (Å²) in [5, 5.41) is 12.2. The molecule has 1 aromatic rings. The Kier molecular flexibility index (Phi) is 2.02. The van der Waals surface area contributed by atoms with Crippen LogP contribution in [0.2, 0.25) is 0 Å². The van der Waals surface area contributed by atoms with Crippen molar-refractivity contribution in [2.45, 2.75) is 18.9 Å². The van der Waals surface area contributed by atoms with E-state index in [1.165, 1.54) is 0 Å². The van der Waals surface area contributed by atoms with E-state index in [1.807, 2.05) is 30.3 Å². The molecule has 1 aliphatic heterocycles. The fourth-order valence-electron chi connectivity index (χ4n) is 2.82. The smallest absolute Gasteiger partial charge is 0.310 e. The summed E-state index contributed by atoms with van der Waals surface area (Å²) in [6.07, 6.45) is 1.39. The third-order valence-electron chi connectivity index (χ3n) is 3.88. The normalized spacial score (nSPS) is 29.1. The maximum absolute atomic E-state index is 11.9. The van der Waals surface area contributed by atoms with Gasteiger partial charge in [-0.1, -0.05) is 30.3 Å². The van der Waals surface area contributed by atoms with Gasteiger partial charge in [0.1, 0.15) is 0 Å². The highest BCUT2D eigenvalue weighted by Crippen LogP contribution is 2.59. The minimum absolute atomic E-state index is 0.0984. The Morgan fingerprint density at radius 1 is 1.29 bits per heavy atom. The van der Waals surface area contributed by atoms with Crippen molar-refractivity contribution in [1.82, 2.24) is 5.32 Å². The second-order valence-corrected chi connectivity index (χ2v) is 4.83. The van der Waals surface area contributed by atoms with Crippen molar-refractivity contribution in [3.63, 3.8) is 0 Å². The maximum atomic E-state index is 11.9. The van der Waals surface area contributed by atoms with Crippen molar-refractivity contribution >= 4 is 11.9 Å². The minimum Gasteiger partial charge on any atom is -0.481 e. The molecule has 0 radical (unpaired) electrons. The highest BCUT2D eigenvalue weighted by atomic mass is 16.4. The van der Waals surface area contributed by atoms with Crippen molar-refractivity contribution in [2.24, 2.45) is 11.3 Å². The Bertz CT molecular complexity index is 479. The molecule has 1 unspecified atom stereocenters. The van der Waals surface area contributed by atoms with Gasteiger partial charge in [-0.05, 0) is 18.4 Å². The topological polar surface area (TPSA) is 66.4 Å². The van der Waals surface area contributed by atoms with Gasteiger partial charge in [-0.25, -0.2) is 0 Å². The number of rotatable bonds is 2. The average molecular weight is 231 g/mol. The highest BCUT2D eigenvalue weighted by Gasteiger charge is 2.65. The van der Waals surface area contributed by atoms with Crippen LogP contribution in [0, 0.1) is 11.3 Å². The molecule has 1 amide bonds. The van der Waals surface area contributed by atoms with E-state index in [-0.39, 0.29) is 11.9 Å². The van der Waals surface area contributed by atoms with E-state index in [0.717, 1.165) is 5.56 Å². The monoisotopic (exact) mass is 231 g/mol. The Morgan fingerprint density at radius 2 is 1.94 bits per heavy atom. The van der Waals surface area contributed by atoms with E-state index in [9.17, 15) is 14.7 Å². The largest absolute Gasteiger partial charge is 0.481 e. The molecule has 0 bridgehead atoms. The molecule has 1 aromatic carbocycles. The van der Waals surface area contributed by atoms with Gasteiger partial charge in [-0.3, -0.25) is 9.59 Å². The fourth-order valence-corrected chi connectivity index (χ4v) is 2.82. The zero-order valence-corrected chi connectivity index (χ0v) is 9.22. The Labute approximate surface area is 98.6 Å². The molecule has 88 valence electrons. The van der Waals surface area contributed by atoms with Crippen molar-refractivity contribution in [1.29, 1.82) is 0 Å². The van der Waals surface area contributed by atoms with Crippen molar-refractivity contribution in [2.75, 3.05) is 0 Å². The maximum Gasteiger partial charge on any atom is 0.310 e. The van der Waals surface area contributed by atoms with Crippen LogP contribution in [-0.2, 0) is 9.59 Å². The lowest BCUT2D eigenvalue weighted by molar-refractivity contribution is -0.145. The summed E-state index contributed by atoms with van der Waals surface area (Å²) in [6, 6.07) is 8.94. The van der Waals surface area contributed by atoms with Crippen molar-refractivity contribution in [3.05, 3.63) is 35.9 Å². The van der Waals surface area contributed by atoms with Crippen LogP contribution < -0.4 is 5.32 Å². The molecule has 2 fully saturated rings. The molecular weight excluding hydrogens is 218 g/mol. The molecule has 1 saturated carbocycles. The number of hydrogen-bond acceptors (Lipinski definition) is 2. The van der Waals surface area contributed by atoms with Gasteiger partial charge in [0, 0.05) is 0 Å². The number of carbonyl (C=O) groups is 2. The van der Waals surface area contributed by atoms with Crippen LogP contribution >= 0.6 is 0 Å². The molecule has 2 atom stereocenters. The number of hydrogen-bond donors (Lipinski definition) is 2. The highest BCUT2D eigenvalue weighted by molar-refractivity contribution is 5.95. The fraction of sp³-hybridized carbons (Fsp3) is 0.385. The van der Waals surface area contributed by atoms with Crippen molar-refractivity contribution in [3.8, 4) is 0 Å². The molecule has 2 N–H and O–H groups in total. The van der Waals surface area contributed by atoms with Gasteiger partial charge in [-0.2, -0.15) is 0 Å². The van der Waals surface area contributed by atoms with Crippen LogP contribution in [0.1, 0.15) is 24.4 Å². The van der Waals surface area contributed by atoms with E-state index in [1.54, 1.807) is 0 Å². The predicted octanol–water partition coefficient (Wildman–Crippen LogP) is 1.34. The van der Waals surface area contributed by atoms with Gasteiger partial charge in [0.25, 0.3) is 0 Å². The molecule has 1 heterocycles. The molecule has 1 spiro atoms. The van der Waals surface area contributed by atoms with Crippen LogP contribution in [0.3, 0.4) is 0 Å². The lowest BCUT2D eigenvalue weighted by Gasteiger charge is -2.18. The van der Waals surface area contributed by atoms with Gasteiger partial charge in [0.2, 0.25) is 5.91 Å². The summed E-state index contributed by atoms with van der Waals surface area (Å²) in [4.78, 5) is 23.3. The quantitative estimate of drug-likeness (QED) is 0.807. The summed E-state index contributed by atoms with van der Waals surface area (Å²) in [5.74, 6) is -1.61. The first-order valence-corrected chi connectivity index (χ1v) is 5.74. The number of aliphatic carboxylic acids is 1. The molecule has 17 heavy (non-hydrogen) atoms. The third kappa shape index (κ3) is 1.37. The number of nitrogens with one attached hydrogen (secondary N) is 1. The lowest BCUT2D eigenvalue weighted by Crippen LogP contribution is -2.26. The molecule has 3 rings (SSSR count). The Morgan fingerprint density at radius 3 is 2.47 bits per heavy atom. The van der Waals surface area contributed by atoms with Crippen LogP contribution in [0.15, 0.2) is 30.3 Å². The SMILES string of the molecule is O=C(O)C1[C@@H](c2ccccc2)NC(=O)C12CC2. The number of carboxylic acids is 1. The molecular formula is C13H13NO3. The van der Waals surface area contributed by atoms with Gasteiger partial charge in [-0.15, -0.1) is 0 Å². The first kappa shape index (κ1) is 10.3. The Hall–Kier alpha value is -1.84. The summed E-state index contributed by atoms with van der Waals surface area (Å²) in [6.45, 7) is 0.